The first-order valence-electron chi connectivity index (χ1n) is 7.04. The van der Waals surface area contributed by atoms with Crippen LogP contribution in [0, 0.1) is 0 Å². The lowest BCUT2D eigenvalue weighted by molar-refractivity contribution is -0.137. The summed E-state index contributed by atoms with van der Waals surface area (Å²) in [5.41, 5.74) is 0. The topological polar surface area (TPSA) is 89.9 Å². The van der Waals surface area contributed by atoms with Gasteiger partial charge in [-0.1, -0.05) is 0 Å². The number of piperazine rings is 1. The van der Waals surface area contributed by atoms with E-state index in [1.807, 2.05) is 4.90 Å². The molecule has 20 heavy (non-hydrogen) atoms. The number of fused-ring (bicyclic) bond motifs is 1. The maximum absolute atomic E-state index is 12.1. The summed E-state index contributed by atoms with van der Waals surface area (Å²) in [7, 11) is 0. The quantitative estimate of drug-likeness (QED) is 0.774. The molecule has 2 N–H and O–H groups in total. The van der Waals surface area contributed by atoms with Gasteiger partial charge in [0, 0.05) is 44.6 Å². The van der Waals surface area contributed by atoms with E-state index < -0.39 is 5.97 Å². The van der Waals surface area contributed by atoms with Crippen molar-refractivity contribution in [2.45, 2.75) is 44.7 Å². The molecule has 2 unspecified atom stereocenters. The molecule has 0 aliphatic carbocycles. The van der Waals surface area contributed by atoms with Gasteiger partial charge in [-0.3, -0.25) is 9.59 Å². The van der Waals surface area contributed by atoms with Gasteiger partial charge in [0.1, 0.15) is 0 Å². The lowest BCUT2D eigenvalue weighted by Gasteiger charge is -2.37. The average molecular weight is 283 g/mol. The number of carboxylic acids is 1. The number of urea groups is 1. The van der Waals surface area contributed by atoms with Gasteiger partial charge in [-0.05, 0) is 19.8 Å². The van der Waals surface area contributed by atoms with Crippen molar-refractivity contribution in [3.05, 3.63) is 0 Å². The highest BCUT2D eigenvalue weighted by Crippen LogP contribution is 2.22. The molecule has 0 saturated carbocycles. The number of aliphatic carboxylic acids is 1. The SMILES string of the molecule is CC(CCC(=O)O)NC(=O)N1CCN2C(=O)CCC2C1. The summed E-state index contributed by atoms with van der Waals surface area (Å²) < 4.78 is 0. The Morgan fingerprint density at radius 2 is 2.20 bits per heavy atom. The average Bonchev–Trinajstić information content (AvgIpc) is 2.77. The summed E-state index contributed by atoms with van der Waals surface area (Å²) in [5.74, 6) is -0.672. The van der Waals surface area contributed by atoms with Gasteiger partial charge in [-0.25, -0.2) is 4.79 Å². The van der Waals surface area contributed by atoms with Gasteiger partial charge >= 0.3 is 12.0 Å². The number of nitrogens with one attached hydrogen (secondary N) is 1. The number of carbonyl (C=O) groups is 3. The van der Waals surface area contributed by atoms with Crippen molar-refractivity contribution >= 4 is 17.9 Å². The molecule has 0 aromatic carbocycles. The second-order valence-electron chi connectivity index (χ2n) is 5.51. The van der Waals surface area contributed by atoms with Gasteiger partial charge in [0.05, 0.1) is 0 Å². The summed E-state index contributed by atoms with van der Waals surface area (Å²) in [6.07, 6.45) is 1.86. The third-order valence-corrected chi connectivity index (χ3v) is 3.94. The molecule has 2 saturated heterocycles. The number of carboxylic acid groups (broad SMARTS) is 1. The van der Waals surface area contributed by atoms with Crippen LogP contribution in [-0.2, 0) is 9.59 Å². The highest BCUT2D eigenvalue weighted by molar-refractivity contribution is 5.80. The van der Waals surface area contributed by atoms with Crippen LogP contribution in [0.1, 0.15) is 32.6 Å². The van der Waals surface area contributed by atoms with Crippen molar-refractivity contribution in [3.8, 4) is 0 Å². The molecule has 112 valence electrons. The molecule has 2 aliphatic rings. The van der Waals surface area contributed by atoms with Gasteiger partial charge < -0.3 is 20.2 Å². The van der Waals surface area contributed by atoms with Crippen molar-refractivity contribution in [2.24, 2.45) is 0 Å². The van der Waals surface area contributed by atoms with E-state index in [9.17, 15) is 14.4 Å². The lowest BCUT2D eigenvalue weighted by atomic mass is 10.1. The Morgan fingerprint density at radius 1 is 1.45 bits per heavy atom. The first-order chi connectivity index (χ1) is 9.47. The second kappa shape index (κ2) is 6.11. The zero-order valence-electron chi connectivity index (χ0n) is 11.7. The molecule has 2 heterocycles. The van der Waals surface area contributed by atoms with Crippen LogP contribution < -0.4 is 5.32 Å². The van der Waals surface area contributed by atoms with Crippen molar-refractivity contribution in [1.29, 1.82) is 0 Å². The minimum atomic E-state index is -0.857. The number of amides is 3. The van der Waals surface area contributed by atoms with Gasteiger partial charge in [-0.15, -0.1) is 0 Å². The van der Waals surface area contributed by atoms with Crippen LogP contribution >= 0.6 is 0 Å². The van der Waals surface area contributed by atoms with Crippen LogP contribution in [0.4, 0.5) is 4.79 Å². The third kappa shape index (κ3) is 3.40. The highest BCUT2D eigenvalue weighted by atomic mass is 16.4. The van der Waals surface area contributed by atoms with E-state index in [1.165, 1.54) is 0 Å². The van der Waals surface area contributed by atoms with E-state index in [4.69, 9.17) is 5.11 Å². The fourth-order valence-electron chi connectivity index (χ4n) is 2.76. The molecule has 7 heteroatoms. The summed E-state index contributed by atoms with van der Waals surface area (Å²) in [6, 6.07) is -0.181. The van der Waals surface area contributed by atoms with E-state index in [0.717, 1.165) is 6.42 Å². The molecule has 0 aromatic rings. The van der Waals surface area contributed by atoms with Crippen LogP contribution in [0.3, 0.4) is 0 Å². The van der Waals surface area contributed by atoms with Crippen LogP contribution in [0.25, 0.3) is 0 Å². The van der Waals surface area contributed by atoms with Gasteiger partial charge in [0.25, 0.3) is 0 Å². The summed E-state index contributed by atoms with van der Waals surface area (Å²) in [6.45, 7) is 3.51. The Morgan fingerprint density at radius 3 is 2.90 bits per heavy atom. The van der Waals surface area contributed by atoms with Crippen LogP contribution in [0.2, 0.25) is 0 Å². The van der Waals surface area contributed by atoms with Crippen molar-refractivity contribution < 1.29 is 19.5 Å². The standard InChI is InChI=1S/C13H21N3O4/c1-9(2-5-12(18)19)14-13(20)15-6-7-16-10(8-15)3-4-11(16)17/h9-10H,2-8H2,1H3,(H,14,20)(H,18,19). The molecule has 2 atom stereocenters. The Balaban J connectivity index is 1.79. The molecule has 0 bridgehead atoms. The second-order valence-corrected chi connectivity index (χ2v) is 5.51. The maximum Gasteiger partial charge on any atom is 0.317 e. The van der Waals surface area contributed by atoms with Gasteiger partial charge in [-0.2, -0.15) is 0 Å². The molecule has 0 spiro atoms. The number of hydrogen-bond donors (Lipinski definition) is 2. The van der Waals surface area contributed by atoms with E-state index in [2.05, 4.69) is 5.32 Å². The molecule has 2 aliphatic heterocycles. The Labute approximate surface area is 117 Å². The van der Waals surface area contributed by atoms with Crippen LogP contribution in [0.15, 0.2) is 0 Å². The molecule has 0 aromatic heterocycles. The summed E-state index contributed by atoms with van der Waals surface area (Å²) in [4.78, 5) is 37.7. The van der Waals surface area contributed by atoms with Crippen LogP contribution in [0.5, 0.6) is 0 Å². The first-order valence-corrected chi connectivity index (χ1v) is 7.04. The van der Waals surface area contributed by atoms with Crippen molar-refractivity contribution in [1.82, 2.24) is 15.1 Å². The smallest absolute Gasteiger partial charge is 0.317 e. The Kier molecular flexibility index (Phi) is 4.46. The van der Waals surface area contributed by atoms with E-state index in [-0.39, 0.29) is 30.4 Å². The molecule has 7 nitrogen and oxygen atoms in total. The zero-order valence-corrected chi connectivity index (χ0v) is 11.7. The molecule has 3 amide bonds. The summed E-state index contributed by atoms with van der Waals surface area (Å²) >= 11 is 0. The first kappa shape index (κ1) is 14.6. The Bertz CT molecular complexity index is 412. The Hall–Kier alpha value is -1.79. The molecular weight excluding hydrogens is 262 g/mol. The largest absolute Gasteiger partial charge is 0.481 e. The van der Waals surface area contributed by atoms with Gasteiger partial charge in [0.2, 0.25) is 5.91 Å². The van der Waals surface area contributed by atoms with Crippen molar-refractivity contribution in [2.75, 3.05) is 19.6 Å². The molecule has 0 radical (unpaired) electrons. The molecule has 2 rings (SSSR count). The predicted molar refractivity (Wildman–Crippen MR) is 71.2 cm³/mol. The van der Waals surface area contributed by atoms with Crippen molar-refractivity contribution in [3.63, 3.8) is 0 Å². The predicted octanol–water partition coefficient (Wildman–Crippen LogP) is 0.256. The van der Waals surface area contributed by atoms with Gasteiger partial charge in [0.15, 0.2) is 0 Å². The lowest BCUT2D eigenvalue weighted by Crippen LogP contribution is -2.56. The fraction of sp³-hybridized carbons (Fsp3) is 0.769. The number of hydrogen-bond acceptors (Lipinski definition) is 3. The maximum atomic E-state index is 12.1. The highest BCUT2D eigenvalue weighted by Gasteiger charge is 2.36. The minimum absolute atomic E-state index is 0.0480. The zero-order chi connectivity index (χ0) is 14.7. The monoisotopic (exact) mass is 283 g/mol. The van der Waals surface area contributed by atoms with E-state index in [1.54, 1.807) is 11.8 Å². The normalized spacial score (nSPS) is 23.4. The fourth-order valence-corrected chi connectivity index (χ4v) is 2.76. The number of rotatable bonds is 4. The third-order valence-electron chi connectivity index (χ3n) is 3.94. The molecular formula is C13H21N3O4. The summed E-state index contributed by atoms with van der Waals surface area (Å²) in [5, 5.41) is 11.4. The number of nitrogens with zero attached hydrogens (tertiary/aromatic N) is 2. The van der Waals surface area contributed by atoms with E-state index in [0.29, 0.717) is 32.5 Å². The minimum Gasteiger partial charge on any atom is -0.481 e. The molecule has 2 fully saturated rings. The number of carbonyl (C=O) groups excluding carboxylic acids is 2. The van der Waals surface area contributed by atoms with Crippen LogP contribution in [-0.4, -0.2) is 64.5 Å². The van der Waals surface area contributed by atoms with E-state index >= 15 is 0 Å².